The van der Waals surface area contributed by atoms with E-state index in [0.717, 1.165) is 43.5 Å². The van der Waals surface area contributed by atoms with Crippen LogP contribution in [0.15, 0.2) is 18.2 Å². The van der Waals surface area contributed by atoms with Crippen LogP contribution < -0.4 is 5.32 Å². The number of aromatic nitrogens is 2. The highest BCUT2D eigenvalue weighted by atomic mass is 16.5. The lowest BCUT2D eigenvalue weighted by Gasteiger charge is -2.44. The second kappa shape index (κ2) is 6.67. The summed E-state index contributed by atoms with van der Waals surface area (Å²) in [6.07, 6.45) is 4.48. The van der Waals surface area contributed by atoms with Gasteiger partial charge in [0.15, 0.2) is 5.69 Å². The lowest BCUT2D eigenvalue weighted by Crippen LogP contribution is -2.57. The number of nitrogens with one attached hydrogen (secondary N) is 2. The molecule has 4 saturated heterocycles. The molecule has 0 radical (unpaired) electrons. The maximum Gasteiger partial charge on any atom is 0.272 e. The minimum Gasteiger partial charge on any atom is -0.381 e. The Morgan fingerprint density at radius 1 is 1.19 bits per heavy atom. The number of benzene rings is 1. The number of carbonyl (C=O) groups excluding carboxylic acids is 1. The summed E-state index contributed by atoms with van der Waals surface area (Å²) in [7, 11) is 0. The van der Waals surface area contributed by atoms with Gasteiger partial charge >= 0.3 is 0 Å². The van der Waals surface area contributed by atoms with E-state index in [1.807, 2.05) is 0 Å². The van der Waals surface area contributed by atoms with Crippen molar-refractivity contribution >= 4 is 16.8 Å². The average molecular weight is 354 g/mol. The zero-order valence-corrected chi connectivity index (χ0v) is 15.0. The molecule has 4 fully saturated rings. The molecule has 5 heterocycles. The van der Waals surface area contributed by atoms with E-state index in [1.165, 1.54) is 31.5 Å². The second-order valence-corrected chi connectivity index (χ2v) is 7.98. The summed E-state index contributed by atoms with van der Waals surface area (Å²) in [5.41, 5.74) is 2.75. The molecule has 2 aromatic rings. The molecule has 6 heteroatoms. The van der Waals surface area contributed by atoms with E-state index >= 15 is 0 Å². The summed E-state index contributed by atoms with van der Waals surface area (Å²) in [4.78, 5) is 15.4. The third-order valence-corrected chi connectivity index (χ3v) is 6.47. The quantitative estimate of drug-likeness (QED) is 0.887. The van der Waals surface area contributed by atoms with E-state index in [2.05, 4.69) is 38.6 Å². The molecule has 0 saturated carbocycles. The fraction of sp³-hybridized carbons (Fsp3) is 0.600. The first-order valence-corrected chi connectivity index (χ1v) is 9.87. The van der Waals surface area contributed by atoms with Crippen molar-refractivity contribution in [3.8, 4) is 0 Å². The Bertz CT molecular complexity index is 803. The first-order chi connectivity index (χ1) is 12.8. The average Bonchev–Trinajstić information content (AvgIpc) is 3.13. The maximum absolute atomic E-state index is 12.9. The maximum atomic E-state index is 12.9. The van der Waals surface area contributed by atoms with Crippen molar-refractivity contribution in [2.45, 2.75) is 37.6 Å². The number of rotatable bonds is 3. The van der Waals surface area contributed by atoms with Gasteiger partial charge in [0.2, 0.25) is 0 Å². The van der Waals surface area contributed by atoms with Crippen molar-refractivity contribution < 1.29 is 9.53 Å². The molecule has 1 unspecified atom stereocenters. The number of amides is 1. The van der Waals surface area contributed by atoms with Crippen LogP contribution in [-0.4, -0.2) is 59.9 Å². The normalized spacial score (nSPS) is 29.2. The van der Waals surface area contributed by atoms with Crippen LogP contribution >= 0.6 is 0 Å². The van der Waals surface area contributed by atoms with Gasteiger partial charge in [-0.15, -0.1) is 0 Å². The number of carbonyl (C=O) groups is 1. The van der Waals surface area contributed by atoms with Crippen LogP contribution in [0.4, 0.5) is 0 Å². The van der Waals surface area contributed by atoms with E-state index in [0.29, 0.717) is 17.5 Å². The zero-order valence-electron chi connectivity index (χ0n) is 15.0. The van der Waals surface area contributed by atoms with Gasteiger partial charge in [0.05, 0.1) is 5.52 Å². The second-order valence-electron chi connectivity index (χ2n) is 7.98. The molecule has 138 valence electrons. The predicted molar refractivity (Wildman–Crippen MR) is 99.3 cm³/mol. The van der Waals surface area contributed by atoms with Gasteiger partial charge in [0.25, 0.3) is 5.91 Å². The van der Waals surface area contributed by atoms with Gasteiger partial charge in [-0.3, -0.25) is 9.89 Å². The highest BCUT2D eigenvalue weighted by Crippen LogP contribution is 2.31. The number of hydrogen-bond donors (Lipinski definition) is 2. The number of nitrogens with zero attached hydrogens (tertiary/aromatic N) is 2. The minimum absolute atomic E-state index is 0.0425. The van der Waals surface area contributed by atoms with Gasteiger partial charge in [-0.05, 0) is 68.3 Å². The molecule has 2 N–H and O–H groups in total. The summed E-state index contributed by atoms with van der Waals surface area (Å²) < 4.78 is 5.48. The molecule has 26 heavy (non-hydrogen) atoms. The third-order valence-electron chi connectivity index (χ3n) is 6.47. The molecule has 6 rings (SSSR count). The van der Waals surface area contributed by atoms with Crippen LogP contribution in [0.5, 0.6) is 0 Å². The number of H-pyrrole nitrogens is 1. The van der Waals surface area contributed by atoms with Crippen LogP contribution in [0.2, 0.25) is 0 Å². The summed E-state index contributed by atoms with van der Waals surface area (Å²) in [6.45, 7) is 4.97. The molecule has 1 amide bonds. The first kappa shape index (κ1) is 16.3. The van der Waals surface area contributed by atoms with Crippen LogP contribution in [0, 0.1) is 5.92 Å². The SMILES string of the molecule is O=C(NC1CN2CCC1CC2)c1n[nH]c2ccc(C3CCOCC3)cc12. The smallest absolute Gasteiger partial charge is 0.272 e. The van der Waals surface area contributed by atoms with Crippen LogP contribution in [0.3, 0.4) is 0 Å². The van der Waals surface area contributed by atoms with E-state index in [1.54, 1.807) is 0 Å². The minimum atomic E-state index is -0.0425. The van der Waals surface area contributed by atoms with Crippen LogP contribution in [0.25, 0.3) is 10.9 Å². The predicted octanol–water partition coefficient (Wildman–Crippen LogP) is 2.28. The van der Waals surface area contributed by atoms with E-state index in [-0.39, 0.29) is 11.9 Å². The van der Waals surface area contributed by atoms with Crippen molar-refractivity contribution in [1.82, 2.24) is 20.4 Å². The van der Waals surface area contributed by atoms with Crippen molar-refractivity contribution in [3.05, 3.63) is 29.5 Å². The van der Waals surface area contributed by atoms with Crippen molar-refractivity contribution in [1.29, 1.82) is 0 Å². The van der Waals surface area contributed by atoms with Crippen molar-refractivity contribution in [3.63, 3.8) is 0 Å². The fourth-order valence-corrected chi connectivity index (χ4v) is 4.85. The molecular formula is C20H26N4O2. The van der Waals surface area contributed by atoms with Gasteiger partial charge in [-0.2, -0.15) is 5.10 Å². The molecule has 6 nitrogen and oxygen atoms in total. The number of hydrogen-bond acceptors (Lipinski definition) is 4. The Labute approximate surface area is 153 Å². The number of fused-ring (bicyclic) bond motifs is 4. The summed E-state index contributed by atoms with van der Waals surface area (Å²) >= 11 is 0. The Hall–Kier alpha value is -1.92. The first-order valence-electron chi connectivity index (χ1n) is 9.87. The van der Waals surface area contributed by atoms with Gasteiger partial charge in [0.1, 0.15) is 0 Å². The number of piperidine rings is 3. The van der Waals surface area contributed by atoms with Gasteiger partial charge in [-0.25, -0.2) is 0 Å². The molecule has 2 bridgehead atoms. The highest BCUT2D eigenvalue weighted by Gasteiger charge is 2.35. The topological polar surface area (TPSA) is 70.2 Å². The van der Waals surface area contributed by atoms with Gasteiger partial charge in [0, 0.05) is 31.2 Å². The summed E-state index contributed by atoms with van der Waals surface area (Å²) in [5, 5.41) is 11.6. The molecule has 1 atom stereocenters. The molecular weight excluding hydrogens is 328 g/mol. The number of aromatic amines is 1. The molecule has 0 aliphatic carbocycles. The Morgan fingerprint density at radius 3 is 2.73 bits per heavy atom. The third kappa shape index (κ3) is 2.91. The lowest BCUT2D eigenvalue weighted by atomic mass is 9.84. The van der Waals surface area contributed by atoms with Gasteiger partial charge in [-0.1, -0.05) is 6.07 Å². The van der Waals surface area contributed by atoms with Gasteiger partial charge < -0.3 is 15.0 Å². The highest BCUT2D eigenvalue weighted by molar-refractivity contribution is 6.05. The van der Waals surface area contributed by atoms with E-state index in [9.17, 15) is 4.79 Å². The van der Waals surface area contributed by atoms with E-state index < -0.39 is 0 Å². The monoisotopic (exact) mass is 354 g/mol. The van der Waals surface area contributed by atoms with Crippen LogP contribution in [-0.2, 0) is 4.74 Å². The Morgan fingerprint density at radius 2 is 2.00 bits per heavy atom. The largest absolute Gasteiger partial charge is 0.381 e. The van der Waals surface area contributed by atoms with Crippen molar-refractivity contribution in [2.24, 2.45) is 5.92 Å². The standard InChI is InChI=1S/C20H26N4O2/c25-20(21-18-12-24-7-3-14(18)4-8-24)19-16-11-15(1-2-17(16)22-23-19)13-5-9-26-10-6-13/h1-2,11,13-14,18H,3-10,12H2,(H,21,25)(H,22,23). The van der Waals surface area contributed by atoms with E-state index in [4.69, 9.17) is 4.74 Å². The molecule has 1 aromatic carbocycles. The Balaban J connectivity index is 1.38. The molecule has 0 spiro atoms. The zero-order chi connectivity index (χ0) is 17.5. The molecule has 4 aliphatic heterocycles. The van der Waals surface area contributed by atoms with Crippen molar-refractivity contribution in [2.75, 3.05) is 32.8 Å². The lowest BCUT2D eigenvalue weighted by molar-refractivity contribution is 0.0618. The molecule has 1 aromatic heterocycles. The summed E-state index contributed by atoms with van der Waals surface area (Å²) in [5.74, 6) is 1.09. The molecule has 4 aliphatic rings. The summed E-state index contributed by atoms with van der Waals surface area (Å²) in [6, 6.07) is 6.62. The van der Waals surface area contributed by atoms with Crippen LogP contribution in [0.1, 0.15) is 47.7 Å². The Kier molecular flexibility index (Phi) is 4.17. The fourth-order valence-electron chi connectivity index (χ4n) is 4.85. The number of ether oxygens (including phenoxy) is 1.